The second kappa shape index (κ2) is 6.19. The molecule has 2 heterocycles. The summed E-state index contributed by atoms with van der Waals surface area (Å²) in [6.07, 6.45) is 0.700. The second-order valence-electron chi connectivity index (χ2n) is 5.39. The molecule has 0 saturated heterocycles. The molecule has 2 amide bonds. The fourth-order valence-electron chi connectivity index (χ4n) is 2.57. The minimum absolute atomic E-state index is 0.209. The van der Waals surface area contributed by atoms with Crippen molar-refractivity contribution in [2.45, 2.75) is 6.42 Å². The van der Waals surface area contributed by atoms with Gasteiger partial charge in [0.25, 0.3) is 0 Å². The molecule has 0 unspecified atom stereocenters. The number of fused-ring (bicyclic) bond motifs is 2. The van der Waals surface area contributed by atoms with E-state index >= 15 is 0 Å². The van der Waals surface area contributed by atoms with Gasteiger partial charge in [0, 0.05) is 18.3 Å². The Morgan fingerprint density at radius 3 is 2.33 bits per heavy atom. The van der Waals surface area contributed by atoms with Crippen molar-refractivity contribution in [2.24, 2.45) is 0 Å². The van der Waals surface area contributed by atoms with Crippen LogP contribution in [0.4, 0.5) is 10.5 Å². The molecule has 7 heteroatoms. The van der Waals surface area contributed by atoms with Crippen LogP contribution in [-0.2, 0) is 6.42 Å². The van der Waals surface area contributed by atoms with E-state index in [0.29, 0.717) is 30.2 Å². The van der Waals surface area contributed by atoms with Crippen LogP contribution in [0.2, 0.25) is 0 Å². The van der Waals surface area contributed by atoms with Crippen LogP contribution in [0.1, 0.15) is 5.56 Å². The number of carbonyl (C=O) groups is 1. The molecule has 2 aromatic rings. The van der Waals surface area contributed by atoms with E-state index < -0.39 is 0 Å². The normalized spacial score (nSPS) is 13.7. The predicted molar refractivity (Wildman–Crippen MR) is 85.9 cm³/mol. The van der Waals surface area contributed by atoms with E-state index in [1.807, 2.05) is 18.2 Å². The van der Waals surface area contributed by atoms with Crippen LogP contribution in [0, 0.1) is 0 Å². The molecule has 0 fully saturated rings. The van der Waals surface area contributed by atoms with Crippen molar-refractivity contribution in [3.8, 4) is 23.0 Å². The lowest BCUT2D eigenvalue weighted by molar-refractivity contribution is 0.173. The minimum atomic E-state index is -0.269. The van der Waals surface area contributed by atoms with Crippen LogP contribution in [-0.4, -0.2) is 26.2 Å². The molecule has 0 radical (unpaired) electrons. The maximum Gasteiger partial charge on any atom is 0.319 e. The van der Waals surface area contributed by atoms with E-state index in [1.165, 1.54) is 0 Å². The zero-order valence-corrected chi connectivity index (χ0v) is 12.8. The van der Waals surface area contributed by atoms with Crippen molar-refractivity contribution in [3.05, 3.63) is 42.0 Å². The molecule has 2 aromatic carbocycles. The topological polar surface area (TPSA) is 78.1 Å². The molecule has 0 aliphatic carbocycles. The number of anilines is 1. The highest BCUT2D eigenvalue weighted by molar-refractivity contribution is 5.89. The zero-order valence-electron chi connectivity index (χ0n) is 12.8. The van der Waals surface area contributed by atoms with Gasteiger partial charge in [0.2, 0.25) is 13.6 Å². The highest BCUT2D eigenvalue weighted by atomic mass is 16.7. The summed E-state index contributed by atoms with van der Waals surface area (Å²) in [5.74, 6) is 2.82. The smallest absolute Gasteiger partial charge is 0.319 e. The number of hydrogen-bond donors (Lipinski definition) is 2. The molecule has 0 saturated carbocycles. The predicted octanol–water partition coefficient (Wildman–Crippen LogP) is 2.51. The largest absolute Gasteiger partial charge is 0.454 e. The molecule has 2 N–H and O–H groups in total. The fourth-order valence-corrected chi connectivity index (χ4v) is 2.57. The molecular weight excluding hydrogens is 312 g/mol. The van der Waals surface area contributed by atoms with Crippen LogP contribution in [0.25, 0.3) is 0 Å². The van der Waals surface area contributed by atoms with Gasteiger partial charge in [-0.1, -0.05) is 6.07 Å². The Hall–Kier alpha value is -3.09. The van der Waals surface area contributed by atoms with Gasteiger partial charge >= 0.3 is 6.03 Å². The fraction of sp³-hybridized carbons (Fsp3) is 0.235. The van der Waals surface area contributed by atoms with Gasteiger partial charge < -0.3 is 29.6 Å². The van der Waals surface area contributed by atoms with Crippen molar-refractivity contribution in [1.82, 2.24) is 5.32 Å². The third kappa shape index (κ3) is 3.01. The highest BCUT2D eigenvalue weighted by Crippen LogP contribution is 2.34. The van der Waals surface area contributed by atoms with Crippen LogP contribution in [0.15, 0.2) is 36.4 Å². The molecule has 0 spiro atoms. The molecule has 0 atom stereocenters. The van der Waals surface area contributed by atoms with E-state index in [2.05, 4.69) is 10.6 Å². The number of hydrogen-bond acceptors (Lipinski definition) is 5. The number of urea groups is 1. The first-order valence-corrected chi connectivity index (χ1v) is 7.61. The van der Waals surface area contributed by atoms with Crippen LogP contribution in [0.5, 0.6) is 23.0 Å². The SMILES string of the molecule is O=C(NCCc1ccc2c(c1)OCO2)Nc1ccc2c(c1)OCO2. The monoisotopic (exact) mass is 328 g/mol. The van der Waals surface area contributed by atoms with Gasteiger partial charge in [0.05, 0.1) is 0 Å². The number of benzene rings is 2. The molecule has 0 aromatic heterocycles. The molecule has 0 bridgehead atoms. The third-order valence-corrected chi connectivity index (χ3v) is 3.77. The average Bonchev–Trinajstić information content (AvgIpc) is 3.22. The highest BCUT2D eigenvalue weighted by Gasteiger charge is 2.15. The van der Waals surface area contributed by atoms with Crippen LogP contribution >= 0.6 is 0 Å². The van der Waals surface area contributed by atoms with Crippen LogP contribution in [0.3, 0.4) is 0 Å². The minimum Gasteiger partial charge on any atom is -0.454 e. The first-order chi connectivity index (χ1) is 11.8. The van der Waals surface area contributed by atoms with E-state index in [1.54, 1.807) is 18.2 Å². The van der Waals surface area contributed by atoms with Crippen molar-refractivity contribution in [2.75, 3.05) is 25.4 Å². The quantitative estimate of drug-likeness (QED) is 0.902. The lowest BCUT2D eigenvalue weighted by atomic mass is 10.1. The van der Waals surface area contributed by atoms with Crippen LogP contribution < -0.4 is 29.6 Å². The Balaban J connectivity index is 1.27. The molecule has 24 heavy (non-hydrogen) atoms. The number of rotatable bonds is 4. The van der Waals surface area contributed by atoms with Gasteiger partial charge in [-0.3, -0.25) is 0 Å². The van der Waals surface area contributed by atoms with Crippen molar-refractivity contribution in [3.63, 3.8) is 0 Å². The van der Waals surface area contributed by atoms with Gasteiger partial charge in [-0.15, -0.1) is 0 Å². The number of ether oxygens (including phenoxy) is 4. The molecular formula is C17H16N2O5. The lowest BCUT2D eigenvalue weighted by Gasteiger charge is -2.08. The molecule has 4 rings (SSSR count). The van der Waals surface area contributed by atoms with Gasteiger partial charge in [-0.05, 0) is 36.2 Å². The number of amides is 2. The maximum absolute atomic E-state index is 12.0. The van der Waals surface area contributed by atoms with E-state index in [0.717, 1.165) is 17.1 Å². The summed E-state index contributed by atoms with van der Waals surface area (Å²) in [5.41, 5.74) is 1.72. The Bertz CT molecular complexity index is 778. The third-order valence-electron chi connectivity index (χ3n) is 3.77. The molecule has 124 valence electrons. The van der Waals surface area contributed by atoms with Gasteiger partial charge in [0.15, 0.2) is 23.0 Å². The summed E-state index contributed by atoms with van der Waals surface area (Å²) < 4.78 is 21.1. The maximum atomic E-state index is 12.0. The molecule has 2 aliphatic heterocycles. The summed E-state index contributed by atoms with van der Waals surface area (Å²) >= 11 is 0. The standard InChI is InChI=1S/C17H16N2O5/c20-17(19-12-2-4-14-16(8-12)24-10-22-14)18-6-5-11-1-3-13-15(7-11)23-9-21-13/h1-4,7-8H,5-6,9-10H2,(H2,18,19,20). The number of carbonyl (C=O) groups excluding carboxylic acids is 1. The van der Waals surface area contributed by atoms with Gasteiger partial charge in [-0.2, -0.15) is 0 Å². The summed E-state index contributed by atoms with van der Waals surface area (Å²) in [4.78, 5) is 12.0. The molecule has 2 aliphatic rings. The Kier molecular flexibility index (Phi) is 3.74. The van der Waals surface area contributed by atoms with Gasteiger partial charge in [-0.25, -0.2) is 4.79 Å². The second-order valence-corrected chi connectivity index (χ2v) is 5.39. The summed E-state index contributed by atoms with van der Waals surface area (Å²) in [6.45, 7) is 0.978. The summed E-state index contributed by atoms with van der Waals surface area (Å²) in [5, 5.41) is 5.59. The van der Waals surface area contributed by atoms with Crippen molar-refractivity contribution in [1.29, 1.82) is 0 Å². The first kappa shape index (κ1) is 14.5. The summed E-state index contributed by atoms with van der Waals surface area (Å²) in [6, 6.07) is 10.8. The molecule has 7 nitrogen and oxygen atoms in total. The first-order valence-electron chi connectivity index (χ1n) is 7.61. The zero-order chi connectivity index (χ0) is 16.4. The van der Waals surface area contributed by atoms with Gasteiger partial charge in [0.1, 0.15) is 0 Å². The van der Waals surface area contributed by atoms with Crippen molar-refractivity contribution >= 4 is 11.7 Å². The Morgan fingerprint density at radius 1 is 0.875 bits per heavy atom. The van der Waals surface area contributed by atoms with Crippen molar-refractivity contribution < 1.29 is 23.7 Å². The Morgan fingerprint density at radius 2 is 1.54 bits per heavy atom. The lowest BCUT2D eigenvalue weighted by Crippen LogP contribution is -2.30. The van der Waals surface area contributed by atoms with E-state index in [4.69, 9.17) is 18.9 Å². The Labute approximate surface area is 138 Å². The summed E-state index contributed by atoms with van der Waals surface area (Å²) in [7, 11) is 0. The number of nitrogens with one attached hydrogen (secondary N) is 2. The van der Waals surface area contributed by atoms with E-state index in [9.17, 15) is 4.79 Å². The average molecular weight is 328 g/mol. The van der Waals surface area contributed by atoms with E-state index in [-0.39, 0.29) is 19.6 Å².